The second-order valence-corrected chi connectivity index (χ2v) is 6.38. The Hall–Kier alpha value is -2.37. The third kappa shape index (κ3) is 3.67. The van der Waals surface area contributed by atoms with Gasteiger partial charge in [-0.3, -0.25) is 9.69 Å². The highest BCUT2D eigenvalue weighted by molar-refractivity contribution is 6.38. The average molecular weight is 380 g/mol. The number of halogens is 2. The van der Waals surface area contributed by atoms with Gasteiger partial charge in [0.2, 0.25) is 0 Å². The van der Waals surface area contributed by atoms with Gasteiger partial charge in [-0.25, -0.2) is 0 Å². The first-order valence-electron chi connectivity index (χ1n) is 7.58. The fourth-order valence-electron chi connectivity index (χ4n) is 2.55. The molecular weight excluding hydrogens is 365 g/mol. The van der Waals surface area contributed by atoms with Gasteiger partial charge < -0.3 is 14.9 Å². The first kappa shape index (κ1) is 17.5. The second-order valence-electron chi connectivity index (χ2n) is 5.60. The van der Waals surface area contributed by atoms with Crippen LogP contribution in [0.1, 0.15) is 29.6 Å². The lowest BCUT2D eigenvalue weighted by Gasteiger charge is -2.21. The van der Waals surface area contributed by atoms with Gasteiger partial charge in [0.15, 0.2) is 11.5 Å². The number of benzene rings is 1. The standard InChI is InChI=1S/C18H15Cl2NO4/c19-14-9-13(16(22)15(20)17(14)23)18(24)21-6-7-25-12(10-21)8-11-4-2-1-3-5-11/h1-2,4,6-7,9-10,22-23H,3,5,8H2. The van der Waals surface area contributed by atoms with E-state index in [0.29, 0.717) is 12.2 Å². The Morgan fingerprint density at radius 3 is 2.80 bits per heavy atom. The molecule has 0 unspecified atom stereocenters. The fraction of sp³-hybridized carbons (Fsp3) is 0.167. The largest absolute Gasteiger partial charge is 0.505 e. The Morgan fingerprint density at radius 2 is 2.08 bits per heavy atom. The maximum absolute atomic E-state index is 12.7. The average Bonchev–Trinajstić information content (AvgIpc) is 2.63. The number of hydrogen-bond acceptors (Lipinski definition) is 4. The summed E-state index contributed by atoms with van der Waals surface area (Å²) in [6.07, 6.45) is 13.0. The number of carbonyl (C=O) groups excluding carboxylic acids is 1. The number of allylic oxidation sites excluding steroid dienone is 4. The van der Waals surface area contributed by atoms with Crippen LogP contribution in [0.4, 0.5) is 0 Å². The zero-order valence-corrected chi connectivity index (χ0v) is 14.6. The summed E-state index contributed by atoms with van der Waals surface area (Å²) in [5, 5.41) is 19.2. The maximum atomic E-state index is 12.7. The monoisotopic (exact) mass is 379 g/mol. The molecule has 1 aromatic carbocycles. The highest BCUT2D eigenvalue weighted by atomic mass is 35.5. The lowest BCUT2D eigenvalue weighted by molar-refractivity contribution is 0.0851. The van der Waals surface area contributed by atoms with E-state index in [1.165, 1.54) is 29.0 Å². The first-order valence-corrected chi connectivity index (χ1v) is 8.34. The van der Waals surface area contributed by atoms with Crippen LogP contribution in [0.5, 0.6) is 11.5 Å². The minimum atomic E-state index is -0.545. The minimum absolute atomic E-state index is 0.116. The Labute approximate surface area is 154 Å². The van der Waals surface area contributed by atoms with E-state index < -0.39 is 17.4 Å². The van der Waals surface area contributed by atoms with Gasteiger partial charge in [0.05, 0.1) is 16.8 Å². The summed E-state index contributed by atoms with van der Waals surface area (Å²) in [4.78, 5) is 13.9. The van der Waals surface area contributed by atoms with Gasteiger partial charge in [0.25, 0.3) is 5.91 Å². The van der Waals surface area contributed by atoms with Gasteiger partial charge in [0, 0.05) is 12.6 Å². The van der Waals surface area contributed by atoms with Crippen molar-refractivity contribution in [2.75, 3.05) is 0 Å². The zero-order valence-electron chi connectivity index (χ0n) is 13.1. The predicted octanol–water partition coefficient (Wildman–Crippen LogP) is 4.86. The first-order chi connectivity index (χ1) is 12.0. The van der Waals surface area contributed by atoms with Gasteiger partial charge in [-0.05, 0) is 18.9 Å². The molecule has 0 saturated carbocycles. The molecule has 7 heteroatoms. The number of phenols is 2. The van der Waals surface area contributed by atoms with Crippen molar-refractivity contribution in [2.24, 2.45) is 0 Å². The molecule has 2 N–H and O–H groups in total. The molecule has 1 aliphatic heterocycles. The molecule has 25 heavy (non-hydrogen) atoms. The number of phenolic OH excluding ortho intramolecular Hbond substituents is 2. The summed E-state index contributed by atoms with van der Waals surface area (Å²) in [6, 6.07) is 1.17. The second kappa shape index (κ2) is 7.25. The summed E-state index contributed by atoms with van der Waals surface area (Å²) in [5.74, 6) is -0.935. The van der Waals surface area contributed by atoms with Crippen molar-refractivity contribution in [2.45, 2.75) is 19.3 Å². The Kier molecular flexibility index (Phi) is 5.06. The number of rotatable bonds is 3. The van der Waals surface area contributed by atoms with Crippen molar-refractivity contribution < 1.29 is 19.7 Å². The van der Waals surface area contributed by atoms with E-state index in [-0.39, 0.29) is 15.6 Å². The van der Waals surface area contributed by atoms with Crippen LogP contribution in [-0.4, -0.2) is 21.0 Å². The molecule has 1 aromatic rings. The molecular formula is C18H15Cl2NO4. The summed E-state index contributed by atoms with van der Waals surface area (Å²) in [7, 11) is 0. The van der Waals surface area contributed by atoms with Crippen LogP contribution in [0.2, 0.25) is 10.0 Å². The van der Waals surface area contributed by atoms with Crippen LogP contribution in [0.15, 0.2) is 54.3 Å². The Bertz CT molecular complexity index is 840. The number of nitrogens with zero attached hydrogens (tertiary/aromatic N) is 1. The van der Waals surface area contributed by atoms with E-state index in [0.717, 1.165) is 12.8 Å². The highest BCUT2D eigenvalue weighted by Gasteiger charge is 2.24. The van der Waals surface area contributed by atoms with Crippen molar-refractivity contribution in [1.29, 1.82) is 0 Å². The van der Waals surface area contributed by atoms with Crippen LogP contribution < -0.4 is 0 Å². The molecule has 0 saturated heterocycles. The zero-order chi connectivity index (χ0) is 18.0. The molecule has 0 radical (unpaired) electrons. The molecule has 2 aliphatic rings. The smallest absolute Gasteiger partial charge is 0.265 e. The van der Waals surface area contributed by atoms with Gasteiger partial charge in [0.1, 0.15) is 17.0 Å². The SMILES string of the molecule is O=C(c1cc(Cl)c(O)c(Cl)c1O)N1C=COC(CC2=CC=CCC2)=C1. The Morgan fingerprint density at radius 1 is 1.28 bits per heavy atom. The van der Waals surface area contributed by atoms with Crippen LogP contribution in [-0.2, 0) is 4.74 Å². The molecule has 0 atom stereocenters. The lowest BCUT2D eigenvalue weighted by atomic mass is 10.0. The highest BCUT2D eigenvalue weighted by Crippen LogP contribution is 2.41. The van der Waals surface area contributed by atoms with Crippen LogP contribution in [0.3, 0.4) is 0 Å². The summed E-state index contributed by atoms with van der Waals surface area (Å²) in [5.41, 5.74) is 1.09. The van der Waals surface area contributed by atoms with E-state index in [1.807, 2.05) is 12.2 Å². The van der Waals surface area contributed by atoms with Gasteiger partial charge in [-0.1, -0.05) is 47.0 Å². The van der Waals surface area contributed by atoms with Gasteiger partial charge in [-0.2, -0.15) is 0 Å². The van der Waals surface area contributed by atoms with Gasteiger partial charge >= 0.3 is 0 Å². The molecule has 0 aromatic heterocycles. The van der Waals surface area contributed by atoms with E-state index in [1.54, 1.807) is 6.20 Å². The minimum Gasteiger partial charge on any atom is -0.505 e. The molecule has 1 amide bonds. The topological polar surface area (TPSA) is 70.0 Å². The number of aromatic hydroxyl groups is 2. The lowest BCUT2D eigenvalue weighted by Crippen LogP contribution is -2.23. The third-order valence-corrected chi connectivity index (χ3v) is 4.50. The molecule has 5 nitrogen and oxygen atoms in total. The maximum Gasteiger partial charge on any atom is 0.265 e. The predicted molar refractivity (Wildman–Crippen MR) is 95.3 cm³/mol. The number of hydrogen-bond donors (Lipinski definition) is 2. The van der Waals surface area contributed by atoms with Crippen LogP contribution in [0, 0.1) is 0 Å². The van der Waals surface area contributed by atoms with Crippen molar-refractivity contribution in [3.05, 3.63) is 69.9 Å². The van der Waals surface area contributed by atoms with Crippen LogP contribution in [0.25, 0.3) is 0 Å². The fourth-order valence-corrected chi connectivity index (χ4v) is 3.01. The quantitative estimate of drug-likeness (QED) is 0.786. The van der Waals surface area contributed by atoms with Gasteiger partial charge in [-0.15, -0.1) is 0 Å². The normalized spacial score (nSPS) is 16.3. The molecule has 0 fully saturated rings. The summed E-state index contributed by atoms with van der Waals surface area (Å²) < 4.78 is 5.46. The molecule has 0 bridgehead atoms. The summed E-state index contributed by atoms with van der Waals surface area (Å²) >= 11 is 11.6. The molecule has 0 spiro atoms. The Balaban J connectivity index is 1.84. The number of carbonyl (C=O) groups is 1. The third-order valence-electron chi connectivity index (χ3n) is 3.86. The van der Waals surface area contributed by atoms with Crippen molar-refractivity contribution in [1.82, 2.24) is 4.90 Å². The molecule has 130 valence electrons. The summed E-state index contributed by atoms with van der Waals surface area (Å²) in [6.45, 7) is 0. The molecule has 1 heterocycles. The van der Waals surface area contributed by atoms with Crippen LogP contribution >= 0.6 is 23.2 Å². The van der Waals surface area contributed by atoms with E-state index in [4.69, 9.17) is 27.9 Å². The van der Waals surface area contributed by atoms with E-state index in [9.17, 15) is 15.0 Å². The molecule has 3 rings (SSSR count). The number of ether oxygens (including phenoxy) is 1. The van der Waals surface area contributed by atoms with Crippen molar-refractivity contribution in [3.8, 4) is 11.5 Å². The van der Waals surface area contributed by atoms with Crippen molar-refractivity contribution >= 4 is 29.1 Å². The van der Waals surface area contributed by atoms with E-state index >= 15 is 0 Å². The number of amides is 1. The molecule has 1 aliphatic carbocycles. The van der Waals surface area contributed by atoms with Crippen molar-refractivity contribution in [3.63, 3.8) is 0 Å². The van der Waals surface area contributed by atoms with E-state index in [2.05, 4.69) is 6.08 Å².